The molecule has 0 aliphatic rings. The predicted octanol–water partition coefficient (Wildman–Crippen LogP) is 2.78. The minimum Gasteiger partial charge on any atom is -0.413 e. The van der Waals surface area contributed by atoms with Gasteiger partial charge >= 0.3 is 18.5 Å². The Morgan fingerprint density at radius 1 is 1.28 bits per heavy atom. The molecule has 0 atom stereocenters. The molecule has 0 fully saturated rings. The minimum atomic E-state index is -4.73. The second kappa shape index (κ2) is 5.72. The molecule has 0 bridgehead atoms. The van der Waals surface area contributed by atoms with Crippen molar-refractivity contribution in [2.45, 2.75) is 12.8 Å². The topological polar surface area (TPSA) is 107 Å². The number of hydrogen-bond acceptors (Lipinski definition) is 6. The summed E-state index contributed by atoms with van der Waals surface area (Å²) >= 11 is 0. The predicted molar refractivity (Wildman–Crippen MR) is 73.9 cm³/mol. The van der Waals surface area contributed by atoms with Crippen molar-refractivity contribution >= 4 is 16.9 Å². The van der Waals surface area contributed by atoms with Gasteiger partial charge in [0.1, 0.15) is 5.52 Å². The summed E-state index contributed by atoms with van der Waals surface area (Å²) in [6.07, 6.45) is -3.79. The smallest absolute Gasteiger partial charge is 0.413 e. The molecule has 0 unspecified atom stereocenters. The van der Waals surface area contributed by atoms with Crippen molar-refractivity contribution in [1.29, 1.82) is 0 Å². The number of H-pyrrole nitrogens is 1. The molecule has 3 N–H and O–H groups in total. The Morgan fingerprint density at radius 3 is 2.60 bits per heavy atom. The second-order valence-electron chi connectivity index (χ2n) is 4.70. The van der Waals surface area contributed by atoms with Gasteiger partial charge in [-0.3, -0.25) is 4.98 Å². The molecule has 0 spiro atoms. The Balaban J connectivity index is 2.17. The molecule has 2 aromatic heterocycles. The second-order valence-corrected chi connectivity index (χ2v) is 4.70. The number of nitrogens with zero attached hydrogens (tertiary/aromatic N) is 2. The first kappa shape index (κ1) is 16.7. The van der Waals surface area contributed by atoms with E-state index in [0.29, 0.717) is 6.07 Å². The summed E-state index contributed by atoms with van der Waals surface area (Å²) in [7, 11) is 0. The number of rotatable bonds is 3. The number of nitrogens with one attached hydrogen (secondary N) is 1. The SMILES string of the molecule is Nc1nc(-c2ccc(C(F)(F)F)c3[nH]c(=O)oc23)cnc1OC(F)F. The van der Waals surface area contributed by atoms with E-state index < -0.39 is 46.9 Å². The van der Waals surface area contributed by atoms with Crippen LogP contribution in [0.3, 0.4) is 0 Å². The summed E-state index contributed by atoms with van der Waals surface area (Å²) < 4.78 is 72.2. The van der Waals surface area contributed by atoms with E-state index in [4.69, 9.17) is 10.2 Å². The van der Waals surface area contributed by atoms with Gasteiger partial charge in [-0.2, -0.15) is 22.0 Å². The van der Waals surface area contributed by atoms with Crippen molar-refractivity contribution in [1.82, 2.24) is 15.0 Å². The van der Waals surface area contributed by atoms with Crippen molar-refractivity contribution in [3.63, 3.8) is 0 Å². The van der Waals surface area contributed by atoms with Gasteiger partial charge in [-0.15, -0.1) is 0 Å². The van der Waals surface area contributed by atoms with Crippen molar-refractivity contribution in [2.75, 3.05) is 5.73 Å². The lowest BCUT2D eigenvalue weighted by atomic mass is 10.1. The fourth-order valence-corrected chi connectivity index (χ4v) is 2.17. The van der Waals surface area contributed by atoms with Crippen LogP contribution in [0.4, 0.5) is 27.8 Å². The zero-order valence-corrected chi connectivity index (χ0v) is 11.9. The molecule has 0 aliphatic heterocycles. The third-order valence-corrected chi connectivity index (χ3v) is 3.13. The molecule has 0 saturated heterocycles. The van der Waals surface area contributed by atoms with Crippen LogP contribution in [0.5, 0.6) is 5.88 Å². The third-order valence-electron chi connectivity index (χ3n) is 3.13. The summed E-state index contributed by atoms with van der Waals surface area (Å²) in [6, 6.07) is 1.71. The van der Waals surface area contributed by atoms with Gasteiger partial charge in [-0.1, -0.05) is 0 Å². The van der Waals surface area contributed by atoms with Crippen LogP contribution >= 0.6 is 0 Å². The Hall–Kier alpha value is -3.18. The third kappa shape index (κ3) is 3.09. The quantitative estimate of drug-likeness (QED) is 0.694. The fraction of sp³-hybridized carbons (Fsp3) is 0.154. The van der Waals surface area contributed by atoms with Crippen LogP contribution in [0.1, 0.15) is 5.56 Å². The lowest BCUT2D eigenvalue weighted by Crippen LogP contribution is -2.08. The van der Waals surface area contributed by atoms with Crippen LogP contribution in [-0.2, 0) is 6.18 Å². The number of nitrogens with two attached hydrogens (primary N) is 1. The molecule has 0 saturated carbocycles. The van der Waals surface area contributed by atoms with Crippen molar-refractivity contribution in [3.8, 4) is 17.1 Å². The molecular weight excluding hydrogens is 355 g/mol. The lowest BCUT2D eigenvalue weighted by molar-refractivity contribution is -0.136. The molecule has 3 rings (SSSR count). The number of fused-ring (bicyclic) bond motifs is 1. The first-order valence-electron chi connectivity index (χ1n) is 6.47. The highest BCUT2D eigenvalue weighted by atomic mass is 19.4. The van der Waals surface area contributed by atoms with E-state index in [1.54, 1.807) is 0 Å². The number of ether oxygens (including phenoxy) is 1. The number of aromatic amines is 1. The number of anilines is 1. The molecule has 0 amide bonds. The Morgan fingerprint density at radius 2 is 2.00 bits per heavy atom. The maximum atomic E-state index is 13.0. The monoisotopic (exact) mass is 362 g/mol. The van der Waals surface area contributed by atoms with Crippen LogP contribution in [0, 0.1) is 0 Å². The van der Waals surface area contributed by atoms with Gasteiger partial charge in [0.05, 0.1) is 17.5 Å². The molecule has 1 aromatic carbocycles. The normalized spacial score (nSPS) is 12.1. The molecule has 12 heteroatoms. The van der Waals surface area contributed by atoms with Crippen molar-refractivity contribution in [2.24, 2.45) is 0 Å². The van der Waals surface area contributed by atoms with E-state index in [0.717, 1.165) is 12.3 Å². The van der Waals surface area contributed by atoms with Crippen LogP contribution in [0.25, 0.3) is 22.4 Å². The van der Waals surface area contributed by atoms with Gasteiger partial charge in [0.2, 0.25) is 0 Å². The van der Waals surface area contributed by atoms with E-state index in [1.807, 2.05) is 4.98 Å². The molecule has 132 valence electrons. The maximum absolute atomic E-state index is 13.0. The van der Waals surface area contributed by atoms with Crippen molar-refractivity contribution < 1.29 is 31.1 Å². The number of benzene rings is 1. The fourth-order valence-electron chi connectivity index (χ4n) is 2.17. The Bertz CT molecular complexity index is 995. The molecule has 0 radical (unpaired) electrons. The van der Waals surface area contributed by atoms with Gasteiger partial charge < -0.3 is 14.9 Å². The highest BCUT2D eigenvalue weighted by molar-refractivity contribution is 5.91. The van der Waals surface area contributed by atoms with Gasteiger partial charge in [0, 0.05) is 5.56 Å². The highest BCUT2D eigenvalue weighted by Gasteiger charge is 2.34. The first-order valence-corrected chi connectivity index (χ1v) is 6.47. The van der Waals surface area contributed by atoms with Gasteiger partial charge in [-0.25, -0.2) is 14.8 Å². The molecule has 2 heterocycles. The highest BCUT2D eigenvalue weighted by Crippen LogP contribution is 2.37. The molecule has 3 aromatic rings. The number of oxazole rings is 1. The molecule has 0 aliphatic carbocycles. The average molecular weight is 362 g/mol. The van der Waals surface area contributed by atoms with Crippen LogP contribution in [0.15, 0.2) is 27.5 Å². The zero-order chi connectivity index (χ0) is 18.4. The van der Waals surface area contributed by atoms with Crippen LogP contribution < -0.4 is 16.2 Å². The summed E-state index contributed by atoms with van der Waals surface area (Å²) in [5, 5.41) is 0. The number of hydrogen-bond donors (Lipinski definition) is 2. The van der Waals surface area contributed by atoms with Gasteiger partial charge in [-0.05, 0) is 12.1 Å². The molecule has 25 heavy (non-hydrogen) atoms. The lowest BCUT2D eigenvalue weighted by Gasteiger charge is -2.10. The number of nitrogen functional groups attached to an aromatic ring is 1. The van der Waals surface area contributed by atoms with E-state index in [1.165, 1.54) is 0 Å². The average Bonchev–Trinajstić information content (AvgIpc) is 2.87. The number of aromatic nitrogens is 3. The first-order chi connectivity index (χ1) is 11.7. The Kier molecular flexibility index (Phi) is 3.81. The molecular formula is C13H7F5N4O3. The summed E-state index contributed by atoms with van der Waals surface area (Å²) in [5.41, 5.74) is 3.19. The number of halogens is 5. The van der Waals surface area contributed by atoms with Gasteiger partial charge in [0.25, 0.3) is 5.88 Å². The van der Waals surface area contributed by atoms with Crippen LogP contribution in [0.2, 0.25) is 0 Å². The molecule has 7 nitrogen and oxygen atoms in total. The van der Waals surface area contributed by atoms with E-state index in [-0.39, 0.29) is 11.3 Å². The van der Waals surface area contributed by atoms with E-state index in [9.17, 15) is 26.7 Å². The zero-order valence-electron chi connectivity index (χ0n) is 11.9. The largest absolute Gasteiger partial charge is 0.418 e. The standard InChI is InChI=1S/C13H7F5N4O3/c14-11(15)25-10-9(19)21-6(3-20-10)4-1-2-5(13(16,17)18)7-8(4)24-12(23)22-7/h1-3,11H,(H2,19,21)(H,22,23). The number of alkyl halides is 5. The minimum absolute atomic E-state index is 0.0378. The summed E-state index contributed by atoms with van der Waals surface area (Å²) in [5.74, 6) is -2.26. The van der Waals surface area contributed by atoms with E-state index in [2.05, 4.69) is 14.7 Å². The van der Waals surface area contributed by atoms with Gasteiger partial charge in [0.15, 0.2) is 11.4 Å². The van der Waals surface area contributed by atoms with Crippen molar-refractivity contribution in [3.05, 3.63) is 34.4 Å². The summed E-state index contributed by atoms with van der Waals surface area (Å²) in [4.78, 5) is 20.6. The van der Waals surface area contributed by atoms with E-state index >= 15 is 0 Å². The maximum Gasteiger partial charge on any atom is 0.418 e. The Labute approximate surface area is 134 Å². The summed E-state index contributed by atoms with van der Waals surface area (Å²) in [6.45, 7) is -3.18. The van der Waals surface area contributed by atoms with Crippen LogP contribution in [-0.4, -0.2) is 21.6 Å².